The lowest BCUT2D eigenvalue weighted by atomic mass is 10.2. The van der Waals surface area contributed by atoms with Gasteiger partial charge in [-0.3, -0.25) is 14.6 Å². The zero-order valence-corrected chi connectivity index (χ0v) is 17.6. The Kier molecular flexibility index (Phi) is 7.17. The molecule has 2 N–H and O–H groups in total. The number of hydrogen-bond donors (Lipinski definition) is 2. The maximum atomic E-state index is 12.4. The quantitative estimate of drug-likeness (QED) is 0.642. The standard InChI is InChI=1S/C20H23N5O3.ClH/c1-5-15-14(4)21-20(23-19(15)27)25-17(10-13(3)24-25)22-18(26)11-28-16-9-7-6-8-12(16)2;/h6-10H,5,11H2,1-4H3,(H,22,26)(H,21,23,27);1H. The van der Waals surface area contributed by atoms with Gasteiger partial charge < -0.3 is 10.1 Å². The van der Waals surface area contributed by atoms with Gasteiger partial charge in [0, 0.05) is 17.3 Å². The lowest BCUT2D eigenvalue weighted by molar-refractivity contribution is -0.118. The van der Waals surface area contributed by atoms with E-state index in [1.807, 2.05) is 38.1 Å². The molecule has 0 saturated heterocycles. The fourth-order valence-corrected chi connectivity index (χ4v) is 2.90. The Morgan fingerprint density at radius 2 is 1.97 bits per heavy atom. The number of carbonyl (C=O) groups is 1. The number of amides is 1. The van der Waals surface area contributed by atoms with Crippen LogP contribution in [0.1, 0.15) is 29.4 Å². The van der Waals surface area contributed by atoms with Crippen LogP contribution in [-0.2, 0) is 11.2 Å². The maximum absolute atomic E-state index is 12.4. The summed E-state index contributed by atoms with van der Waals surface area (Å²) < 4.78 is 6.99. The molecule has 29 heavy (non-hydrogen) atoms. The number of halogens is 1. The monoisotopic (exact) mass is 417 g/mol. The van der Waals surface area contributed by atoms with Crippen LogP contribution in [-0.4, -0.2) is 32.3 Å². The fourth-order valence-electron chi connectivity index (χ4n) is 2.90. The van der Waals surface area contributed by atoms with E-state index in [4.69, 9.17) is 4.74 Å². The van der Waals surface area contributed by atoms with Crippen molar-refractivity contribution < 1.29 is 9.53 Å². The lowest BCUT2D eigenvalue weighted by Gasteiger charge is -2.11. The first-order chi connectivity index (χ1) is 13.4. The largest absolute Gasteiger partial charge is 0.483 e. The van der Waals surface area contributed by atoms with Crippen molar-refractivity contribution in [3.63, 3.8) is 0 Å². The predicted molar refractivity (Wildman–Crippen MR) is 113 cm³/mol. The van der Waals surface area contributed by atoms with Gasteiger partial charge in [0.2, 0.25) is 5.95 Å². The van der Waals surface area contributed by atoms with E-state index in [-0.39, 0.29) is 36.4 Å². The Morgan fingerprint density at radius 1 is 1.24 bits per heavy atom. The van der Waals surface area contributed by atoms with E-state index in [9.17, 15) is 9.59 Å². The summed E-state index contributed by atoms with van der Waals surface area (Å²) in [4.78, 5) is 31.8. The van der Waals surface area contributed by atoms with Crippen molar-refractivity contribution >= 4 is 24.1 Å². The number of rotatable bonds is 6. The molecule has 9 heteroatoms. The summed E-state index contributed by atoms with van der Waals surface area (Å²) in [5.41, 5.74) is 2.68. The zero-order chi connectivity index (χ0) is 20.3. The molecule has 0 unspecified atom stereocenters. The molecule has 1 aromatic carbocycles. The normalized spacial score (nSPS) is 10.3. The van der Waals surface area contributed by atoms with Crippen molar-refractivity contribution in [2.45, 2.75) is 34.1 Å². The highest BCUT2D eigenvalue weighted by Gasteiger charge is 2.15. The first-order valence-corrected chi connectivity index (χ1v) is 9.04. The Morgan fingerprint density at radius 3 is 2.62 bits per heavy atom. The van der Waals surface area contributed by atoms with Gasteiger partial charge in [-0.1, -0.05) is 25.1 Å². The second kappa shape index (κ2) is 9.38. The average molecular weight is 418 g/mol. The molecule has 0 saturated carbocycles. The number of anilines is 1. The van der Waals surface area contributed by atoms with Crippen LogP contribution in [0.4, 0.5) is 5.82 Å². The molecule has 0 aliphatic heterocycles. The summed E-state index contributed by atoms with van der Waals surface area (Å²) in [6.07, 6.45) is 0.590. The molecule has 154 valence electrons. The molecule has 3 rings (SSSR count). The second-order valence-corrected chi connectivity index (χ2v) is 6.49. The molecule has 0 spiro atoms. The molecule has 2 heterocycles. The number of nitrogens with zero attached hydrogens (tertiary/aromatic N) is 3. The van der Waals surface area contributed by atoms with Crippen molar-refractivity contribution in [2.75, 3.05) is 11.9 Å². The molecule has 0 fully saturated rings. The summed E-state index contributed by atoms with van der Waals surface area (Å²) in [6.45, 7) is 7.24. The van der Waals surface area contributed by atoms with Crippen LogP contribution in [0.25, 0.3) is 5.95 Å². The molecule has 1 amide bonds. The number of aromatic amines is 1. The molecule has 2 aromatic heterocycles. The summed E-state index contributed by atoms with van der Waals surface area (Å²) in [6, 6.07) is 9.18. The van der Waals surface area contributed by atoms with E-state index in [0.29, 0.717) is 34.9 Å². The summed E-state index contributed by atoms with van der Waals surface area (Å²) in [5.74, 6) is 0.971. The van der Waals surface area contributed by atoms with Gasteiger partial charge >= 0.3 is 0 Å². The topological polar surface area (TPSA) is 102 Å². The van der Waals surface area contributed by atoms with Crippen molar-refractivity contribution in [3.05, 3.63) is 63.2 Å². The van der Waals surface area contributed by atoms with E-state index < -0.39 is 0 Å². The van der Waals surface area contributed by atoms with E-state index in [1.54, 1.807) is 19.9 Å². The molecule has 8 nitrogen and oxygen atoms in total. The molecule has 0 bridgehead atoms. The highest BCUT2D eigenvalue weighted by Crippen LogP contribution is 2.17. The third-order valence-corrected chi connectivity index (χ3v) is 4.32. The number of para-hydroxylation sites is 1. The minimum atomic E-state index is -0.339. The number of nitrogens with one attached hydrogen (secondary N) is 2. The van der Waals surface area contributed by atoms with Crippen LogP contribution in [0.3, 0.4) is 0 Å². The predicted octanol–water partition coefficient (Wildman–Crippen LogP) is 2.88. The van der Waals surface area contributed by atoms with Gasteiger partial charge in [-0.25, -0.2) is 4.98 Å². The number of aryl methyl sites for hydroxylation is 3. The van der Waals surface area contributed by atoms with Crippen LogP contribution >= 0.6 is 12.4 Å². The summed E-state index contributed by atoms with van der Waals surface area (Å²) in [7, 11) is 0. The maximum Gasteiger partial charge on any atom is 0.263 e. The van der Waals surface area contributed by atoms with E-state index in [0.717, 1.165) is 5.56 Å². The van der Waals surface area contributed by atoms with Gasteiger partial charge in [0.05, 0.1) is 5.69 Å². The van der Waals surface area contributed by atoms with Crippen LogP contribution < -0.4 is 15.6 Å². The van der Waals surface area contributed by atoms with Gasteiger partial charge in [-0.05, 0) is 38.8 Å². The Hall–Kier alpha value is -3.13. The van der Waals surface area contributed by atoms with E-state index >= 15 is 0 Å². The third kappa shape index (κ3) is 5.03. The second-order valence-electron chi connectivity index (χ2n) is 6.49. The van der Waals surface area contributed by atoms with Gasteiger partial charge in [0.15, 0.2) is 6.61 Å². The number of benzene rings is 1. The number of ether oxygens (including phenoxy) is 1. The number of hydrogen-bond acceptors (Lipinski definition) is 5. The highest BCUT2D eigenvalue weighted by molar-refractivity contribution is 5.91. The van der Waals surface area contributed by atoms with Crippen molar-refractivity contribution in [3.8, 4) is 11.7 Å². The Labute approximate surface area is 174 Å². The molecular weight excluding hydrogens is 394 g/mol. The minimum absolute atomic E-state index is 0. The van der Waals surface area contributed by atoms with Gasteiger partial charge in [0.25, 0.3) is 11.5 Å². The van der Waals surface area contributed by atoms with Crippen LogP contribution in [0, 0.1) is 20.8 Å². The third-order valence-electron chi connectivity index (χ3n) is 4.32. The molecule has 0 radical (unpaired) electrons. The summed E-state index contributed by atoms with van der Waals surface area (Å²) >= 11 is 0. The van der Waals surface area contributed by atoms with Gasteiger partial charge in [-0.2, -0.15) is 9.78 Å². The van der Waals surface area contributed by atoms with Crippen LogP contribution in [0.15, 0.2) is 35.1 Å². The minimum Gasteiger partial charge on any atom is -0.483 e. The highest BCUT2D eigenvalue weighted by atomic mass is 35.5. The van der Waals surface area contributed by atoms with Crippen molar-refractivity contribution in [1.82, 2.24) is 19.7 Å². The number of carbonyl (C=O) groups excluding carboxylic acids is 1. The molecule has 3 aromatic rings. The van der Waals surface area contributed by atoms with Gasteiger partial charge in [0.1, 0.15) is 11.6 Å². The number of H-pyrrole nitrogens is 1. The van der Waals surface area contributed by atoms with E-state index in [2.05, 4.69) is 20.4 Å². The van der Waals surface area contributed by atoms with E-state index in [1.165, 1.54) is 4.68 Å². The number of aromatic nitrogens is 4. The molecule has 0 aliphatic carbocycles. The first-order valence-electron chi connectivity index (χ1n) is 9.04. The Bertz CT molecular complexity index is 1070. The fraction of sp³-hybridized carbons (Fsp3) is 0.300. The molecular formula is C20H24ClN5O3. The lowest BCUT2D eigenvalue weighted by Crippen LogP contribution is -2.24. The zero-order valence-electron chi connectivity index (χ0n) is 16.8. The SMILES string of the molecule is CCc1c(C)nc(-n2nc(C)cc2NC(=O)COc2ccccc2C)[nH]c1=O.Cl. The van der Waals surface area contributed by atoms with Gasteiger partial charge in [-0.15, -0.1) is 12.4 Å². The molecule has 0 atom stereocenters. The molecule has 0 aliphatic rings. The van der Waals surface area contributed by atoms with Crippen molar-refractivity contribution in [1.29, 1.82) is 0 Å². The average Bonchev–Trinajstić information content (AvgIpc) is 3.01. The van der Waals surface area contributed by atoms with Crippen molar-refractivity contribution in [2.24, 2.45) is 0 Å². The Balaban J connectivity index is 0.00000300. The van der Waals surface area contributed by atoms with Crippen LogP contribution in [0.2, 0.25) is 0 Å². The first kappa shape index (κ1) is 22.2. The summed E-state index contributed by atoms with van der Waals surface area (Å²) in [5, 5.41) is 7.09. The van der Waals surface area contributed by atoms with Crippen LogP contribution in [0.5, 0.6) is 5.75 Å². The smallest absolute Gasteiger partial charge is 0.263 e.